The van der Waals surface area contributed by atoms with E-state index < -0.39 is 0 Å². The highest BCUT2D eigenvalue weighted by Gasteiger charge is 2.09. The van der Waals surface area contributed by atoms with Gasteiger partial charge in [0.25, 0.3) is 0 Å². The lowest BCUT2D eigenvalue weighted by molar-refractivity contribution is 0.104. The second kappa shape index (κ2) is 15.7. The van der Waals surface area contributed by atoms with Crippen molar-refractivity contribution in [2.24, 2.45) is 5.16 Å². The monoisotopic (exact) mass is 483 g/mol. The smallest absolute Gasteiger partial charge is 0.138 e. The Hall–Kier alpha value is -1.11. The highest BCUT2D eigenvalue weighted by Crippen LogP contribution is 2.29. The number of rotatable bonds is 14. The van der Waals surface area contributed by atoms with Crippen LogP contribution in [0.1, 0.15) is 24.5 Å². The molecule has 0 atom stereocenters. The topological polar surface area (TPSA) is 49.3 Å². The Morgan fingerprint density at radius 3 is 2.38 bits per heavy atom. The number of hydrogen-bond acceptors (Lipinski definition) is 5. The predicted octanol–water partition coefficient (Wildman–Crippen LogP) is 6.36. The normalized spacial score (nSPS) is 10.7. The van der Waals surface area contributed by atoms with Gasteiger partial charge in [-0.1, -0.05) is 58.5 Å². The van der Waals surface area contributed by atoms with E-state index in [1.165, 1.54) is 6.08 Å². The van der Waals surface area contributed by atoms with Gasteiger partial charge in [0.1, 0.15) is 40.3 Å². The summed E-state index contributed by atoms with van der Waals surface area (Å²) in [6, 6.07) is 3.89. The Kier molecular flexibility index (Phi) is 14.0. The van der Waals surface area contributed by atoms with Crippen LogP contribution < -0.4 is 9.47 Å². The number of nitrogens with zero attached hydrogens (tertiary/aromatic N) is 1. The van der Waals surface area contributed by atoms with Crippen molar-refractivity contribution in [2.45, 2.75) is 26.7 Å². The molecule has 0 unspecified atom stereocenters. The molecule has 0 aliphatic rings. The lowest BCUT2D eigenvalue weighted by atomic mass is 10.1. The average Bonchev–Trinajstić information content (AvgIpc) is 2.66. The van der Waals surface area contributed by atoms with E-state index in [2.05, 4.69) is 12.1 Å². The first-order valence-electron chi connectivity index (χ1n) is 9.07. The molecule has 0 amide bonds. The van der Waals surface area contributed by atoms with Crippen molar-refractivity contribution >= 4 is 52.6 Å². The van der Waals surface area contributed by atoms with E-state index in [0.29, 0.717) is 32.8 Å². The average molecular weight is 485 g/mol. The van der Waals surface area contributed by atoms with Crippen molar-refractivity contribution in [3.63, 3.8) is 0 Å². The summed E-state index contributed by atoms with van der Waals surface area (Å²) in [5.41, 5.74) is 2.06. The summed E-state index contributed by atoms with van der Waals surface area (Å²) in [5.74, 6) is 1.61. The molecule has 0 spiro atoms. The van der Waals surface area contributed by atoms with Crippen molar-refractivity contribution < 1.29 is 19.0 Å². The SMILES string of the molecule is CCc1cc(OCC=C(Cl)Cl)cc(C)c1OCCOCCC=NOCC=C(Cl)Cl. The van der Waals surface area contributed by atoms with Gasteiger partial charge in [-0.25, -0.2) is 0 Å². The summed E-state index contributed by atoms with van der Waals surface area (Å²) in [5, 5.41) is 3.75. The fraction of sp³-hybridized carbons (Fsp3) is 0.450. The fourth-order valence-corrected chi connectivity index (χ4v) is 2.51. The molecule has 0 aliphatic carbocycles. The molecule has 1 aromatic carbocycles. The molecule has 1 rings (SSSR count). The minimum absolute atomic E-state index is 0.153. The second-order valence-electron chi connectivity index (χ2n) is 5.71. The van der Waals surface area contributed by atoms with Crippen LogP contribution >= 0.6 is 46.4 Å². The van der Waals surface area contributed by atoms with E-state index in [4.69, 9.17) is 65.5 Å². The predicted molar refractivity (Wildman–Crippen MR) is 121 cm³/mol. The zero-order chi connectivity index (χ0) is 21.5. The van der Waals surface area contributed by atoms with Crippen molar-refractivity contribution in [1.29, 1.82) is 0 Å². The summed E-state index contributed by atoms with van der Waals surface area (Å²) in [7, 11) is 0. The Morgan fingerprint density at radius 1 is 0.966 bits per heavy atom. The highest BCUT2D eigenvalue weighted by molar-refractivity contribution is 6.56. The van der Waals surface area contributed by atoms with Crippen molar-refractivity contribution in [2.75, 3.05) is 33.0 Å². The molecule has 9 heteroatoms. The van der Waals surface area contributed by atoms with Crippen LogP contribution in [0.5, 0.6) is 11.5 Å². The van der Waals surface area contributed by atoms with Crippen molar-refractivity contribution in [3.05, 3.63) is 44.4 Å². The molecule has 0 saturated carbocycles. The molecule has 0 N–H and O–H groups in total. The van der Waals surface area contributed by atoms with Crippen LogP contribution in [0.4, 0.5) is 0 Å². The lowest BCUT2D eigenvalue weighted by Crippen LogP contribution is -2.10. The van der Waals surface area contributed by atoms with Gasteiger partial charge in [0.15, 0.2) is 0 Å². The van der Waals surface area contributed by atoms with E-state index in [0.717, 1.165) is 29.0 Å². The first-order chi connectivity index (χ1) is 13.9. The summed E-state index contributed by atoms with van der Waals surface area (Å²) < 4.78 is 17.4. The van der Waals surface area contributed by atoms with Gasteiger partial charge in [-0.2, -0.15) is 0 Å². The molecule has 162 valence electrons. The van der Waals surface area contributed by atoms with Gasteiger partial charge in [0.2, 0.25) is 0 Å². The Bertz CT molecular complexity index is 700. The number of aryl methyl sites for hydroxylation is 2. The van der Waals surface area contributed by atoms with E-state index in [1.54, 1.807) is 12.3 Å². The maximum absolute atomic E-state index is 5.91. The van der Waals surface area contributed by atoms with Gasteiger partial charge in [-0.3, -0.25) is 0 Å². The molecule has 1 aromatic rings. The largest absolute Gasteiger partial charge is 0.491 e. The second-order valence-corrected chi connectivity index (χ2v) is 7.73. The zero-order valence-corrected chi connectivity index (χ0v) is 19.5. The molecular formula is C20H25Cl4NO4. The van der Waals surface area contributed by atoms with Gasteiger partial charge in [-0.15, -0.1) is 0 Å². The molecule has 5 nitrogen and oxygen atoms in total. The number of benzene rings is 1. The molecule has 29 heavy (non-hydrogen) atoms. The van der Waals surface area contributed by atoms with Gasteiger partial charge < -0.3 is 19.0 Å². The third-order valence-electron chi connectivity index (χ3n) is 3.52. The quantitative estimate of drug-likeness (QED) is 0.175. The molecule has 0 saturated heterocycles. The van der Waals surface area contributed by atoms with E-state index >= 15 is 0 Å². The van der Waals surface area contributed by atoms with Crippen molar-refractivity contribution in [3.8, 4) is 11.5 Å². The molecule has 0 fully saturated rings. The van der Waals surface area contributed by atoms with Crippen molar-refractivity contribution in [1.82, 2.24) is 0 Å². The van der Waals surface area contributed by atoms with E-state index in [9.17, 15) is 0 Å². The van der Waals surface area contributed by atoms with E-state index in [1.807, 2.05) is 19.1 Å². The maximum atomic E-state index is 5.91. The first-order valence-corrected chi connectivity index (χ1v) is 10.6. The van der Waals surface area contributed by atoms with Crippen LogP contribution in [0.3, 0.4) is 0 Å². The molecule has 0 radical (unpaired) electrons. The summed E-state index contributed by atoms with van der Waals surface area (Å²) in [4.78, 5) is 4.93. The minimum atomic E-state index is 0.153. The first kappa shape index (κ1) is 25.9. The summed E-state index contributed by atoms with van der Waals surface area (Å²) in [6.07, 6.45) is 6.17. The van der Waals surface area contributed by atoms with Crippen LogP contribution in [0.2, 0.25) is 0 Å². The molecule has 0 heterocycles. The molecular weight excluding hydrogens is 460 g/mol. The number of hydrogen-bond donors (Lipinski definition) is 0. The minimum Gasteiger partial charge on any atom is -0.491 e. The number of ether oxygens (including phenoxy) is 3. The Morgan fingerprint density at radius 2 is 1.69 bits per heavy atom. The molecule has 0 aliphatic heterocycles. The maximum Gasteiger partial charge on any atom is 0.138 e. The van der Waals surface area contributed by atoms with Gasteiger partial charge >= 0.3 is 0 Å². The summed E-state index contributed by atoms with van der Waals surface area (Å²) in [6.45, 7) is 6.03. The highest BCUT2D eigenvalue weighted by atomic mass is 35.5. The third-order valence-corrected chi connectivity index (χ3v) is 4.14. The standard InChI is InChI=1S/C20H25Cl4NO4/c1-3-16-14-17(27-9-5-18(21)22)13-15(2)20(16)28-12-11-26-8-4-7-25-29-10-6-19(23)24/h5-7,13-14H,3-4,8-12H2,1-2H3. The van der Waals surface area contributed by atoms with Crippen LogP contribution in [0.25, 0.3) is 0 Å². The Balaban J connectivity index is 2.34. The van der Waals surface area contributed by atoms with Gasteiger partial charge in [0, 0.05) is 12.6 Å². The molecule has 0 aromatic heterocycles. The molecule has 0 bridgehead atoms. The zero-order valence-electron chi connectivity index (χ0n) is 16.4. The van der Waals surface area contributed by atoms with Crippen LogP contribution in [-0.4, -0.2) is 39.2 Å². The Labute approximate surface area is 192 Å². The fourth-order valence-electron chi connectivity index (χ4n) is 2.25. The number of oxime groups is 1. The van der Waals surface area contributed by atoms with Crippen LogP contribution in [0.15, 0.2) is 38.4 Å². The number of halogens is 4. The van der Waals surface area contributed by atoms with Crippen LogP contribution in [0, 0.1) is 6.92 Å². The van der Waals surface area contributed by atoms with Gasteiger partial charge in [-0.05, 0) is 48.8 Å². The summed E-state index contributed by atoms with van der Waals surface area (Å²) >= 11 is 22.1. The third kappa shape index (κ3) is 12.2. The van der Waals surface area contributed by atoms with Crippen LogP contribution in [-0.2, 0) is 16.0 Å². The lowest BCUT2D eigenvalue weighted by Gasteiger charge is -2.15. The van der Waals surface area contributed by atoms with E-state index in [-0.39, 0.29) is 15.6 Å². The van der Waals surface area contributed by atoms with Gasteiger partial charge in [0.05, 0.1) is 13.2 Å².